The summed E-state index contributed by atoms with van der Waals surface area (Å²) in [7, 11) is 1.77. The van der Waals surface area contributed by atoms with Gasteiger partial charge >= 0.3 is 0 Å². The van der Waals surface area contributed by atoms with E-state index in [0.717, 1.165) is 6.42 Å². The van der Waals surface area contributed by atoms with Crippen LogP contribution in [-0.4, -0.2) is 51.7 Å². The Morgan fingerprint density at radius 2 is 2.04 bits per heavy atom. The van der Waals surface area contributed by atoms with E-state index in [1.165, 1.54) is 5.56 Å². The molecule has 2 aliphatic heterocycles. The van der Waals surface area contributed by atoms with Crippen LogP contribution in [0, 0.1) is 5.92 Å². The van der Waals surface area contributed by atoms with Crippen molar-refractivity contribution in [2.75, 3.05) is 19.6 Å². The minimum atomic E-state index is -0.459. The predicted molar refractivity (Wildman–Crippen MR) is 101 cm³/mol. The molecule has 7 heteroatoms. The summed E-state index contributed by atoms with van der Waals surface area (Å²) in [4.78, 5) is 26.8. The summed E-state index contributed by atoms with van der Waals surface area (Å²) in [5.41, 5.74) is 1.33. The lowest BCUT2D eigenvalue weighted by Gasteiger charge is -2.45. The average molecular weight is 367 g/mol. The van der Waals surface area contributed by atoms with Crippen LogP contribution in [0.5, 0.6) is 0 Å². The van der Waals surface area contributed by atoms with Crippen molar-refractivity contribution < 1.29 is 9.59 Å². The molecule has 3 atom stereocenters. The largest absolute Gasteiger partial charge is 0.347 e. The maximum Gasteiger partial charge on any atom is 0.272 e. The zero-order chi connectivity index (χ0) is 19.0. The average Bonchev–Trinajstić information content (AvgIpc) is 3.24. The number of benzene rings is 1. The molecule has 2 saturated heterocycles. The van der Waals surface area contributed by atoms with Crippen LogP contribution in [0.15, 0.2) is 42.6 Å². The number of fused-ring (bicyclic) bond motifs is 1. The highest BCUT2D eigenvalue weighted by atomic mass is 16.2. The van der Waals surface area contributed by atoms with E-state index in [-0.39, 0.29) is 23.8 Å². The van der Waals surface area contributed by atoms with Crippen LogP contribution < -0.4 is 10.6 Å². The summed E-state index contributed by atoms with van der Waals surface area (Å²) in [5.74, 6) is 0.131. The van der Waals surface area contributed by atoms with Gasteiger partial charge in [0.05, 0.1) is 5.54 Å². The molecule has 4 rings (SSSR count). The van der Waals surface area contributed by atoms with Crippen molar-refractivity contribution in [1.82, 2.24) is 25.3 Å². The van der Waals surface area contributed by atoms with Crippen molar-refractivity contribution in [3.8, 4) is 0 Å². The Kier molecular flexibility index (Phi) is 4.47. The molecule has 0 unspecified atom stereocenters. The number of likely N-dealkylation sites (tertiary alicyclic amines) is 1. The third kappa shape index (κ3) is 3.12. The minimum Gasteiger partial charge on any atom is -0.347 e. The third-order valence-corrected chi connectivity index (χ3v) is 5.84. The number of carbonyl (C=O) groups excluding carboxylic acids is 2. The highest BCUT2D eigenvalue weighted by Gasteiger charge is 2.53. The lowest BCUT2D eigenvalue weighted by molar-refractivity contribution is -0.122. The van der Waals surface area contributed by atoms with E-state index in [1.54, 1.807) is 30.9 Å². The van der Waals surface area contributed by atoms with E-state index in [0.29, 0.717) is 25.3 Å². The number of aryl methyl sites for hydroxylation is 1. The molecule has 2 aliphatic rings. The fourth-order valence-corrected chi connectivity index (χ4v) is 4.67. The number of aromatic nitrogens is 2. The van der Waals surface area contributed by atoms with Crippen molar-refractivity contribution in [3.05, 3.63) is 53.9 Å². The number of amides is 2. The zero-order valence-electron chi connectivity index (χ0n) is 15.7. The molecule has 7 nitrogen and oxygen atoms in total. The zero-order valence-corrected chi connectivity index (χ0v) is 15.7. The molecule has 2 fully saturated rings. The van der Waals surface area contributed by atoms with Crippen molar-refractivity contribution in [1.29, 1.82) is 0 Å². The summed E-state index contributed by atoms with van der Waals surface area (Å²) in [6.45, 7) is 3.36. The Morgan fingerprint density at radius 3 is 2.70 bits per heavy atom. The van der Waals surface area contributed by atoms with Gasteiger partial charge in [0.2, 0.25) is 5.91 Å². The maximum absolute atomic E-state index is 13.0. The van der Waals surface area contributed by atoms with Crippen molar-refractivity contribution in [2.45, 2.75) is 24.9 Å². The summed E-state index contributed by atoms with van der Waals surface area (Å²) >= 11 is 0. The fourth-order valence-electron chi connectivity index (χ4n) is 4.67. The normalized spacial score (nSPS) is 27.3. The lowest BCUT2D eigenvalue weighted by Crippen LogP contribution is -2.64. The number of hydrogen-bond acceptors (Lipinski definition) is 4. The van der Waals surface area contributed by atoms with Gasteiger partial charge in [0.1, 0.15) is 5.69 Å². The van der Waals surface area contributed by atoms with Crippen molar-refractivity contribution in [3.63, 3.8) is 0 Å². The molecule has 3 heterocycles. The topological polar surface area (TPSA) is 79.3 Å². The van der Waals surface area contributed by atoms with E-state index in [1.807, 2.05) is 23.1 Å². The van der Waals surface area contributed by atoms with Crippen molar-refractivity contribution in [2.24, 2.45) is 13.0 Å². The molecular weight excluding hydrogens is 342 g/mol. The van der Waals surface area contributed by atoms with Crippen LogP contribution >= 0.6 is 0 Å². The molecule has 1 aromatic carbocycles. The lowest BCUT2D eigenvalue weighted by atomic mass is 9.75. The van der Waals surface area contributed by atoms with Gasteiger partial charge < -0.3 is 15.5 Å². The van der Waals surface area contributed by atoms with Gasteiger partial charge in [-0.3, -0.25) is 14.3 Å². The number of piperidine rings is 1. The highest BCUT2D eigenvalue weighted by molar-refractivity contribution is 5.92. The van der Waals surface area contributed by atoms with Crippen LogP contribution in [-0.2, 0) is 11.8 Å². The molecule has 2 aromatic rings. The van der Waals surface area contributed by atoms with Gasteiger partial charge in [-0.25, -0.2) is 0 Å². The Hall–Kier alpha value is -2.67. The van der Waals surface area contributed by atoms with Crippen LogP contribution in [0.25, 0.3) is 0 Å². The number of hydrogen-bond donors (Lipinski definition) is 2. The second-order valence-corrected chi connectivity index (χ2v) is 7.57. The van der Waals surface area contributed by atoms with E-state index in [2.05, 4.69) is 27.9 Å². The van der Waals surface area contributed by atoms with Gasteiger partial charge in [-0.1, -0.05) is 30.3 Å². The minimum absolute atomic E-state index is 0.0404. The van der Waals surface area contributed by atoms with Gasteiger partial charge in [-0.2, -0.15) is 5.10 Å². The molecule has 2 amide bonds. The first kappa shape index (κ1) is 17.7. The van der Waals surface area contributed by atoms with E-state index >= 15 is 0 Å². The van der Waals surface area contributed by atoms with Gasteiger partial charge in [0, 0.05) is 51.8 Å². The summed E-state index contributed by atoms with van der Waals surface area (Å²) in [6, 6.07) is 12.2. The van der Waals surface area contributed by atoms with Crippen LogP contribution in [0.1, 0.15) is 35.4 Å². The standard InChI is InChI=1S/C20H25N5O2/c1-14(26)23-20-12-21-18(15-6-4-3-5-7-15)16(20)9-11-25(13-20)19(27)17-8-10-22-24(17)2/h3-8,10,16,18,21H,9,11-13H2,1-2H3,(H,23,26)/t16-,18-,20+/m1/s1. The molecular formula is C20H25N5O2. The Bertz CT molecular complexity index is 849. The van der Waals surface area contributed by atoms with Gasteiger partial charge in [-0.05, 0) is 18.1 Å². The van der Waals surface area contributed by atoms with Crippen LogP contribution in [0.2, 0.25) is 0 Å². The number of rotatable bonds is 3. The summed E-state index contributed by atoms with van der Waals surface area (Å²) in [5, 5.41) is 10.9. The van der Waals surface area contributed by atoms with Crippen LogP contribution in [0.4, 0.5) is 0 Å². The first-order valence-corrected chi connectivity index (χ1v) is 9.34. The Balaban J connectivity index is 1.62. The molecule has 0 radical (unpaired) electrons. The smallest absolute Gasteiger partial charge is 0.272 e. The molecule has 2 N–H and O–H groups in total. The SMILES string of the molecule is CC(=O)N[C@]12CN[C@H](c3ccccc3)[C@H]1CCN(C(=O)c1ccnn1C)C2. The Labute approximate surface area is 158 Å². The second kappa shape index (κ2) is 6.81. The Morgan fingerprint density at radius 1 is 1.26 bits per heavy atom. The number of nitrogens with zero attached hydrogens (tertiary/aromatic N) is 3. The van der Waals surface area contributed by atoms with E-state index in [9.17, 15) is 9.59 Å². The number of nitrogens with one attached hydrogen (secondary N) is 2. The number of carbonyl (C=O) groups is 2. The maximum atomic E-state index is 13.0. The molecule has 0 bridgehead atoms. The molecule has 27 heavy (non-hydrogen) atoms. The quantitative estimate of drug-likeness (QED) is 0.852. The summed E-state index contributed by atoms with van der Waals surface area (Å²) < 4.78 is 1.60. The van der Waals surface area contributed by atoms with Crippen LogP contribution in [0.3, 0.4) is 0 Å². The first-order chi connectivity index (χ1) is 13.0. The predicted octanol–water partition coefficient (Wildman–Crippen LogP) is 1.10. The molecule has 0 aliphatic carbocycles. The molecule has 1 aromatic heterocycles. The fraction of sp³-hybridized carbons (Fsp3) is 0.450. The molecule has 142 valence electrons. The summed E-state index contributed by atoms with van der Waals surface area (Å²) in [6.07, 6.45) is 2.46. The molecule has 0 saturated carbocycles. The third-order valence-electron chi connectivity index (χ3n) is 5.84. The van der Waals surface area contributed by atoms with Crippen molar-refractivity contribution >= 4 is 11.8 Å². The van der Waals surface area contributed by atoms with Gasteiger partial charge in [0.25, 0.3) is 5.91 Å². The van der Waals surface area contributed by atoms with E-state index in [4.69, 9.17) is 0 Å². The monoisotopic (exact) mass is 367 g/mol. The molecule has 0 spiro atoms. The first-order valence-electron chi connectivity index (χ1n) is 9.34. The van der Waals surface area contributed by atoms with E-state index < -0.39 is 5.54 Å². The second-order valence-electron chi connectivity index (χ2n) is 7.57. The highest BCUT2D eigenvalue weighted by Crippen LogP contribution is 2.42. The van der Waals surface area contributed by atoms with Gasteiger partial charge in [-0.15, -0.1) is 0 Å². The van der Waals surface area contributed by atoms with Gasteiger partial charge in [0.15, 0.2) is 0 Å².